The van der Waals surface area contributed by atoms with Gasteiger partial charge in [-0.3, -0.25) is 4.55 Å². The summed E-state index contributed by atoms with van der Waals surface area (Å²) in [6, 6.07) is 16.3. The first kappa shape index (κ1) is 15.1. The molecule has 0 atom stereocenters. The molecule has 5 heteroatoms. The van der Waals surface area contributed by atoms with Crippen LogP contribution in [0.1, 0.15) is 0 Å². The van der Waals surface area contributed by atoms with Crippen LogP contribution in [0.25, 0.3) is 21.5 Å². The predicted octanol–water partition coefficient (Wildman–Crippen LogP) is 3.24. The molecule has 0 fully saturated rings. The van der Waals surface area contributed by atoms with Crippen LogP contribution in [0.2, 0.25) is 0 Å². The molecule has 0 saturated carbocycles. The predicted molar refractivity (Wildman–Crippen MR) is 71.3 cm³/mol. The van der Waals surface area contributed by atoms with Crippen molar-refractivity contribution < 1.29 is 62.8 Å². The van der Waals surface area contributed by atoms with E-state index in [1.54, 1.807) is 12.1 Å². The van der Waals surface area contributed by atoms with Gasteiger partial charge in [-0.15, -0.1) is 0 Å². The fraction of sp³-hybridized carbons (Fsp3) is 0. The number of rotatable bonds is 1. The van der Waals surface area contributed by atoms with Gasteiger partial charge in [-0.25, -0.2) is 0 Å². The van der Waals surface area contributed by atoms with E-state index < -0.39 is 10.1 Å². The average Bonchev–Trinajstić information content (AvgIpc) is 2.34. The van der Waals surface area contributed by atoms with Gasteiger partial charge < -0.3 is 0 Å². The molecule has 3 nitrogen and oxygen atoms in total. The largest absolute Gasteiger partial charge is 0.295 e. The van der Waals surface area contributed by atoms with E-state index in [-0.39, 0.29) is 54.8 Å². The minimum absolute atomic E-state index is 0. The van der Waals surface area contributed by atoms with Crippen LogP contribution in [0, 0.1) is 49.9 Å². The van der Waals surface area contributed by atoms with Crippen LogP contribution in [0.4, 0.5) is 0 Å². The van der Waals surface area contributed by atoms with Gasteiger partial charge in [-0.2, -0.15) is 8.42 Å². The minimum atomic E-state index is -4.20. The summed E-state index contributed by atoms with van der Waals surface area (Å²) in [6.07, 6.45) is 0. The molecule has 0 spiro atoms. The van der Waals surface area contributed by atoms with Gasteiger partial charge in [0, 0.05) is 55.3 Å². The Labute approximate surface area is 152 Å². The third-order valence-electron chi connectivity index (χ3n) is 2.98. The van der Waals surface area contributed by atoms with Crippen LogP contribution in [-0.4, -0.2) is 13.0 Å². The summed E-state index contributed by atoms with van der Waals surface area (Å²) in [7, 11) is -4.20. The molecule has 91 valence electrons. The molecule has 0 heterocycles. The zero-order valence-electron chi connectivity index (χ0n) is 10.4. The molecule has 0 aliphatic carbocycles. The molecule has 3 aromatic rings. The van der Waals surface area contributed by atoms with Crippen LogP contribution in [-0.2, 0) is 10.1 Å². The second-order valence-corrected chi connectivity index (χ2v) is 5.54. The molecule has 0 aliphatic heterocycles. The molecule has 0 bridgehead atoms. The molecular formula is C14H10FrO3S. The van der Waals surface area contributed by atoms with E-state index in [9.17, 15) is 13.0 Å². The van der Waals surface area contributed by atoms with Gasteiger partial charge in [0.15, 0.2) is 0 Å². The SMILES string of the molecule is O=S(=O)(O)c1cccc2cc3ccccc3cc12.[Fr]. The third-order valence-corrected chi connectivity index (χ3v) is 3.90. The maximum atomic E-state index is 11.3. The van der Waals surface area contributed by atoms with E-state index in [0.717, 1.165) is 16.2 Å². The Morgan fingerprint density at radius 2 is 1.37 bits per heavy atom. The Morgan fingerprint density at radius 1 is 0.789 bits per heavy atom. The van der Waals surface area contributed by atoms with Crippen LogP contribution in [0.15, 0.2) is 59.5 Å². The number of hydrogen-bond donors (Lipinski definition) is 1. The summed E-state index contributed by atoms with van der Waals surface area (Å²) in [6.45, 7) is 0. The topological polar surface area (TPSA) is 54.4 Å². The zero-order valence-corrected chi connectivity index (χ0v) is 19.4. The monoisotopic (exact) mass is 481 g/mol. The van der Waals surface area contributed by atoms with Crippen molar-refractivity contribution in [3.05, 3.63) is 54.6 Å². The quantitative estimate of drug-likeness (QED) is 0.429. The second-order valence-electron chi connectivity index (χ2n) is 4.15. The fourth-order valence-electron chi connectivity index (χ4n) is 2.16. The Morgan fingerprint density at radius 3 is 2.00 bits per heavy atom. The van der Waals surface area contributed by atoms with Gasteiger partial charge in [0.2, 0.25) is 0 Å². The zero-order chi connectivity index (χ0) is 12.8. The summed E-state index contributed by atoms with van der Waals surface area (Å²) in [5.74, 6) is 0. The van der Waals surface area contributed by atoms with Crippen molar-refractivity contribution in [3.63, 3.8) is 0 Å². The van der Waals surface area contributed by atoms with Crippen molar-refractivity contribution in [3.8, 4) is 0 Å². The minimum Gasteiger partial charge on any atom is -0.282 e. The number of fused-ring (bicyclic) bond motifs is 2. The van der Waals surface area contributed by atoms with E-state index in [2.05, 4.69) is 0 Å². The number of hydrogen-bond acceptors (Lipinski definition) is 2. The molecule has 0 aromatic heterocycles. The first-order chi connectivity index (χ1) is 8.55. The summed E-state index contributed by atoms with van der Waals surface area (Å²) >= 11 is 0. The molecule has 3 rings (SSSR count). The molecule has 0 saturated heterocycles. The Bertz CT molecular complexity index is 857. The second kappa shape index (κ2) is 5.59. The van der Waals surface area contributed by atoms with Crippen LogP contribution >= 0.6 is 0 Å². The molecule has 19 heavy (non-hydrogen) atoms. The van der Waals surface area contributed by atoms with E-state index >= 15 is 0 Å². The van der Waals surface area contributed by atoms with E-state index in [1.807, 2.05) is 36.4 Å². The Hall–Kier alpha value is -0.313. The van der Waals surface area contributed by atoms with Gasteiger partial charge in [-0.1, -0.05) is 36.4 Å². The summed E-state index contributed by atoms with van der Waals surface area (Å²) in [5, 5.41) is 3.32. The molecule has 1 radical (unpaired) electrons. The van der Waals surface area contributed by atoms with Crippen molar-refractivity contribution in [2.75, 3.05) is 0 Å². The van der Waals surface area contributed by atoms with Gasteiger partial charge in [-0.05, 0) is 34.4 Å². The maximum Gasteiger partial charge on any atom is 0.295 e. The van der Waals surface area contributed by atoms with Gasteiger partial charge in [0.25, 0.3) is 10.1 Å². The van der Waals surface area contributed by atoms with Crippen molar-refractivity contribution in [2.24, 2.45) is 0 Å². The van der Waals surface area contributed by atoms with Crippen LogP contribution in [0.3, 0.4) is 0 Å². The molecular weight excluding hydrogens is 471 g/mol. The normalized spacial score (nSPS) is 11.4. The standard InChI is InChI=1S/C14H10O3S.Fr/c15-18(16,17)14-7-3-6-12-8-10-4-1-2-5-11(10)9-13(12)14;/h1-9H,(H,15,16,17);. The van der Waals surface area contributed by atoms with E-state index in [4.69, 9.17) is 0 Å². The molecule has 0 unspecified atom stereocenters. The van der Waals surface area contributed by atoms with Gasteiger partial charge >= 0.3 is 0 Å². The van der Waals surface area contributed by atoms with Crippen molar-refractivity contribution in [1.29, 1.82) is 0 Å². The molecule has 3 aromatic carbocycles. The molecule has 0 amide bonds. The molecule has 1 N–H and O–H groups in total. The first-order valence-electron chi connectivity index (χ1n) is 5.45. The van der Waals surface area contributed by atoms with Gasteiger partial charge in [0.1, 0.15) is 4.90 Å². The Kier molecular flexibility index (Phi) is 4.44. The smallest absolute Gasteiger partial charge is 0.282 e. The third kappa shape index (κ3) is 2.91. The van der Waals surface area contributed by atoms with Crippen LogP contribution in [0.5, 0.6) is 0 Å². The van der Waals surface area contributed by atoms with Crippen molar-refractivity contribution >= 4 is 31.7 Å². The summed E-state index contributed by atoms with van der Waals surface area (Å²) < 4.78 is 31.9. The number of benzene rings is 3. The van der Waals surface area contributed by atoms with E-state index in [1.165, 1.54) is 6.07 Å². The fourth-order valence-corrected chi connectivity index (χ4v) is 2.87. The summed E-state index contributed by atoms with van der Waals surface area (Å²) in [5.41, 5.74) is 0. The molecule has 0 aliphatic rings. The van der Waals surface area contributed by atoms with Crippen molar-refractivity contribution in [2.45, 2.75) is 4.90 Å². The first-order valence-corrected chi connectivity index (χ1v) is 6.89. The van der Waals surface area contributed by atoms with Crippen LogP contribution < -0.4 is 0 Å². The van der Waals surface area contributed by atoms with Crippen molar-refractivity contribution in [1.82, 2.24) is 0 Å². The van der Waals surface area contributed by atoms with E-state index in [0.29, 0.717) is 5.39 Å². The maximum absolute atomic E-state index is 11.3. The van der Waals surface area contributed by atoms with Gasteiger partial charge in [0.05, 0.1) is 0 Å². The summed E-state index contributed by atoms with van der Waals surface area (Å²) in [4.78, 5) is -0.0502. The average molecular weight is 481 g/mol. The Balaban J connectivity index is 0.00000133.